The van der Waals surface area contributed by atoms with Crippen LogP contribution in [0.5, 0.6) is 0 Å². The molecule has 2 amide bonds. The van der Waals surface area contributed by atoms with Gasteiger partial charge in [-0.1, -0.05) is 12.1 Å². The summed E-state index contributed by atoms with van der Waals surface area (Å²) in [4.78, 5) is 36.4. The molecule has 9 nitrogen and oxygen atoms in total. The van der Waals surface area contributed by atoms with E-state index in [1.165, 1.54) is 18.2 Å². The maximum Gasteiger partial charge on any atom is 0.274 e. The van der Waals surface area contributed by atoms with Crippen LogP contribution >= 0.6 is 0 Å². The van der Waals surface area contributed by atoms with Gasteiger partial charge in [-0.3, -0.25) is 24.6 Å². The number of non-ortho nitro benzene ring substituents is 1. The van der Waals surface area contributed by atoms with E-state index in [2.05, 4.69) is 0 Å². The third kappa shape index (κ3) is 3.19. The van der Waals surface area contributed by atoms with Gasteiger partial charge in [-0.25, -0.2) is 21.6 Å². The smallest absolute Gasteiger partial charge is 0.274 e. The third-order valence-corrected chi connectivity index (χ3v) is 8.21. The molecule has 0 bridgehead atoms. The SMILES string of the molecule is O=C1CS(=O)(=O)[C@]2(C(=O)N(Cc3cccc(F)c3)c3ccc([N+](=O)[O-])cc32)N1c1ccc(F)c(F)c1. The Bertz CT molecular complexity index is 1600. The highest BCUT2D eigenvalue weighted by Crippen LogP contribution is 2.53. The molecule has 5 rings (SSSR count). The zero-order valence-corrected chi connectivity index (χ0v) is 18.8. The second kappa shape index (κ2) is 7.88. The molecular weight excluding hydrogens is 503 g/mol. The van der Waals surface area contributed by atoms with E-state index in [0.717, 1.165) is 35.2 Å². The number of anilines is 2. The number of carbonyl (C=O) groups excluding carboxylic acids is 2. The molecule has 0 saturated carbocycles. The summed E-state index contributed by atoms with van der Waals surface area (Å²) in [6.45, 7) is -0.335. The summed E-state index contributed by atoms with van der Waals surface area (Å²) < 4.78 is 68.6. The molecule has 3 aromatic carbocycles. The van der Waals surface area contributed by atoms with E-state index in [1.54, 1.807) is 0 Å². The molecule has 2 aliphatic rings. The Labute approximate surface area is 201 Å². The lowest BCUT2D eigenvalue weighted by atomic mass is 10.0. The normalized spacial score (nSPS) is 20.3. The van der Waals surface area contributed by atoms with Gasteiger partial charge in [0.1, 0.15) is 11.6 Å². The van der Waals surface area contributed by atoms with Crippen molar-refractivity contribution >= 4 is 38.7 Å². The Morgan fingerprint density at radius 3 is 2.39 bits per heavy atom. The molecule has 3 aromatic rings. The predicted octanol–water partition coefficient (Wildman–Crippen LogP) is 3.17. The Morgan fingerprint density at radius 1 is 0.972 bits per heavy atom. The van der Waals surface area contributed by atoms with Gasteiger partial charge in [0.15, 0.2) is 21.5 Å². The minimum atomic E-state index is -4.72. The third-order valence-electron chi connectivity index (χ3n) is 6.10. The number of nitro benzene ring substituents is 1. The van der Waals surface area contributed by atoms with Crippen LogP contribution in [0.4, 0.5) is 30.2 Å². The molecule has 0 N–H and O–H groups in total. The van der Waals surface area contributed by atoms with E-state index < -0.39 is 71.6 Å². The summed E-state index contributed by atoms with van der Waals surface area (Å²) in [5, 5.41) is 11.5. The number of carbonyl (C=O) groups is 2. The fourth-order valence-electron chi connectivity index (χ4n) is 4.64. The first kappa shape index (κ1) is 23.5. The van der Waals surface area contributed by atoms with Gasteiger partial charge < -0.3 is 4.90 Å². The molecule has 184 valence electrons. The highest BCUT2D eigenvalue weighted by Gasteiger charge is 2.70. The number of benzene rings is 3. The van der Waals surface area contributed by atoms with E-state index in [4.69, 9.17) is 0 Å². The highest BCUT2D eigenvalue weighted by molar-refractivity contribution is 7.94. The quantitative estimate of drug-likeness (QED) is 0.388. The molecule has 1 atom stereocenters. The van der Waals surface area contributed by atoms with Crippen molar-refractivity contribution in [1.29, 1.82) is 0 Å². The summed E-state index contributed by atoms with van der Waals surface area (Å²) in [5.74, 6) is -6.74. The van der Waals surface area contributed by atoms with Gasteiger partial charge in [0.2, 0.25) is 5.91 Å². The molecule has 2 heterocycles. The Hall–Kier alpha value is -4.26. The number of rotatable bonds is 4. The van der Waals surface area contributed by atoms with Crippen molar-refractivity contribution in [3.63, 3.8) is 0 Å². The standard InChI is InChI=1S/C23H14F3N3O6S/c24-14-3-1-2-13(8-14)11-27-20-7-5-16(29(32)33)9-17(20)23(22(27)31)28(21(30)12-36(23,34)35)15-4-6-18(25)19(26)10-15/h1-10H,11-12H2/t23-/m1/s1. The summed E-state index contributed by atoms with van der Waals surface area (Å²) >= 11 is 0. The van der Waals surface area contributed by atoms with E-state index >= 15 is 0 Å². The van der Waals surface area contributed by atoms with Crippen LogP contribution in [0.3, 0.4) is 0 Å². The minimum absolute atomic E-state index is 0.0688. The van der Waals surface area contributed by atoms with Crippen molar-refractivity contribution in [3.8, 4) is 0 Å². The maximum atomic E-state index is 14.1. The molecule has 0 aromatic heterocycles. The van der Waals surface area contributed by atoms with Crippen molar-refractivity contribution < 1.29 is 36.1 Å². The van der Waals surface area contributed by atoms with Crippen molar-refractivity contribution in [1.82, 2.24) is 0 Å². The first-order valence-electron chi connectivity index (χ1n) is 10.3. The average Bonchev–Trinajstić information content (AvgIpc) is 3.18. The Balaban J connectivity index is 1.80. The van der Waals surface area contributed by atoms with Crippen LogP contribution in [-0.4, -0.2) is 30.9 Å². The molecule has 0 aliphatic carbocycles. The van der Waals surface area contributed by atoms with Crippen molar-refractivity contribution in [2.24, 2.45) is 0 Å². The van der Waals surface area contributed by atoms with Crippen LogP contribution in [0.15, 0.2) is 60.7 Å². The first-order valence-corrected chi connectivity index (χ1v) is 12.0. The molecule has 2 aliphatic heterocycles. The number of halogens is 3. The zero-order valence-electron chi connectivity index (χ0n) is 18.0. The summed E-state index contributed by atoms with van der Waals surface area (Å²) in [7, 11) is -4.72. The lowest BCUT2D eigenvalue weighted by Crippen LogP contribution is -2.54. The van der Waals surface area contributed by atoms with Gasteiger partial charge in [0.05, 0.1) is 17.2 Å². The molecule has 36 heavy (non-hydrogen) atoms. The van der Waals surface area contributed by atoms with Crippen molar-refractivity contribution in [2.45, 2.75) is 11.4 Å². The minimum Gasteiger partial charge on any atom is -0.304 e. The maximum absolute atomic E-state index is 14.1. The molecule has 0 radical (unpaired) electrons. The number of nitrogens with zero attached hydrogens (tertiary/aromatic N) is 3. The van der Waals surface area contributed by atoms with Crippen LogP contribution in [0.1, 0.15) is 11.1 Å². The summed E-state index contributed by atoms with van der Waals surface area (Å²) in [6.07, 6.45) is 0. The van der Waals surface area contributed by atoms with Crippen LogP contribution in [0.2, 0.25) is 0 Å². The first-order chi connectivity index (χ1) is 17.0. The van der Waals surface area contributed by atoms with E-state index in [0.29, 0.717) is 17.0 Å². The lowest BCUT2D eigenvalue weighted by molar-refractivity contribution is -0.384. The Kier molecular flexibility index (Phi) is 5.14. The Morgan fingerprint density at radius 2 is 1.72 bits per heavy atom. The van der Waals surface area contributed by atoms with E-state index in [9.17, 15) is 41.3 Å². The second-order valence-electron chi connectivity index (χ2n) is 8.21. The van der Waals surface area contributed by atoms with Crippen LogP contribution in [-0.2, 0) is 30.8 Å². The zero-order chi connectivity index (χ0) is 26.0. The largest absolute Gasteiger partial charge is 0.304 e. The fourth-order valence-corrected chi connectivity index (χ4v) is 6.66. The van der Waals surface area contributed by atoms with Crippen molar-refractivity contribution in [2.75, 3.05) is 15.6 Å². The van der Waals surface area contributed by atoms with Crippen LogP contribution in [0, 0.1) is 27.6 Å². The molecule has 1 saturated heterocycles. The highest BCUT2D eigenvalue weighted by atomic mass is 32.2. The monoisotopic (exact) mass is 517 g/mol. The number of amides is 2. The van der Waals surface area contributed by atoms with Crippen molar-refractivity contribution in [3.05, 3.63) is 99.4 Å². The second-order valence-corrected chi connectivity index (χ2v) is 10.3. The van der Waals surface area contributed by atoms with Crippen LogP contribution in [0.25, 0.3) is 0 Å². The van der Waals surface area contributed by atoms with Crippen LogP contribution < -0.4 is 9.80 Å². The number of sulfone groups is 1. The van der Waals surface area contributed by atoms with E-state index in [1.807, 2.05) is 0 Å². The van der Waals surface area contributed by atoms with Gasteiger partial charge in [-0.2, -0.15) is 0 Å². The number of fused-ring (bicyclic) bond motifs is 2. The van der Waals surface area contributed by atoms with Gasteiger partial charge >= 0.3 is 0 Å². The van der Waals surface area contributed by atoms with Gasteiger partial charge in [0.25, 0.3) is 16.5 Å². The number of nitro groups is 1. The molecule has 1 spiro atoms. The summed E-state index contributed by atoms with van der Waals surface area (Å²) in [5.41, 5.74) is -1.19. The molecular formula is C23H14F3N3O6S. The molecule has 13 heteroatoms. The van der Waals surface area contributed by atoms with E-state index in [-0.39, 0.29) is 17.8 Å². The van der Waals surface area contributed by atoms with Gasteiger partial charge in [-0.15, -0.1) is 0 Å². The fraction of sp³-hybridized carbons (Fsp3) is 0.130. The lowest BCUT2D eigenvalue weighted by Gasteiger charge is -2.32. The average molecular weight is 517 g/mol. The molecule has 1 fully saturated rings. The molecule has 0 unspecified atom stereocenters. The van der Waals surface area contributed by atoms with Gasteiger partial charge in [0, 0.05) is 29.4 Å². The van der Waals surface area contributed by atoms with Gasteiger partial charge in [-0.05, 0) is 35.9 Å². The summed E-state index contributed by atoms with van der Waals surface area (Å²) in [6, 6.07) is 10.4. The number of hydrogen-bond donors (Lipinski definition) is 0. The topological polar surface area (TPSA) is 118 Å². The predicted molar refractivity (Wildman–Crippen MR) is 120 cm³/mol. The number of hydrogen-bond acceptors (Lipinski definition) is 6.